The highest BCUT2D eigenvalue weighted by atomic mass is 19.1. The first-order valence-electron chi connectivity index (χ1n) is 5.48. The molecule has 0 heterocycles. The fraction of sp³-hybridized carbons (Fsp3) is 0.167. The van der Waals surface area contributed by atoms with Gasteiger partial charge in [-0.3, -0.25) is 10.8 Å². The number of halogens is 1. The Morgan fingerprint density at radius 2 is 2.19 bits per heavy atom. The lowest BCUT2D eigenvalue weighted by molar-refractivity contribution is 0.0601. The molecular weight excluding hydrogens is 281 g/mol. The summed E-state index contributed by atoms with van der Waals surface area (Å²) >= 11 is 0. The molecule has 4 N–H and O–H groups in total. The number of nitrogens with zero attached hydrogens (tertiary/aromatic N) is 2. The van der Waals surface area contributed by atoms with Gasteiger partial charge in [0.15, 0.2) is 5.84 Å². The molecule has 0 radical (unpaired) electrons. The van der Waals surface area contributed by atoms with Crippen molar-refractivity contribution in [2.75, 3.05) is 19.6 Å². The molecule has 110 valence electrons. The molecule has 0 fully saturated rings. The van der Waals surface area contributed by atoms with Crippen molar-refractivity contribution in [3.63, 3.8) is 0 Å². The van der Waals surface area contributed by atoms with Crippen LogP contribution in [0.15, 0.2) is 17.2 Å². The van der Waals surface area contributed by atoms with Crippen LogP contribution in [0.3, 0.4) is 0 Å². The first-order valence-corrected chi connectivity index (χ1v) is 5.48. The molecule has 0 aliphatic rings. The van der Waals surface area contributed by atoms with Gasteiger partial charge in [-0.15, -0.1) is 0 Å². The molecule has 0 bridgehead atoms. The number of carbonyl (C=O) groups is 1. The quantitative estimate of drug-likeness (QED) is 0.319. The van der Waals surface area contributed by atoms with Crippen LogP contribution in [0.5, 0.6) is 5.75 Å². The van der Waals surface area contributed by atoms with Crippen LogP contribution in [0.2, 0.25) is 0 Å². The van der Waals surface area contributed by atoms with E-state index < -0.39 is 23.3 Å². The minimum atomic E-state index is -0.827. The van der Waals surface area contributed by atoms with Gasteiger partial charge >= 0.3 is 5.97 Å². The lowest BCUT2D eigenvalue weighted by Gasteiger charge is -2.12. The summed E-state index contributed by atoms with van der Waals surface area (Å²) in [6, 6.07) is 3.53. The number of nitrogens with one attached hydrogen (secondary N) is 2. The number of nitrogens with two attached hydrogens (primary N) is 1. The van der Waals surface area contributed by atoms with Gasteiger partial charge in [-0.2, -0.15) is 10.4 Å². The molecule has 0 aliphatic heterocycles. The van der Waals surface area contributed by atoms with Crippen molar-refractivity contribution >= 4 is 23.2 Å². The summed E-state index contributed by atoms with van der Waals surface area (Å²) in [4.78, 5) is 11.6. The highest BCUT2D eigenvalue weighted by Crippen LogP contribution is 2.30. The highest BCUT2D eigenvalue weighted by Gasteiger charge is 2.18. The number of hydrogen-bond acceptors (Lipinski definition) is 7. The van der Waals surface area contributed by atoms with Crippen LogP contribution in [0.25, 0.3) is 0 Å². The number of hydrogen-bond donors (Lipinski definition) is 3. The van der Waals surface area contributed by atoms with Gasteiger partial charge in [-0.05, 0) is 6.07 Å². The zero-order valence-electron chi connectivity index (χ0n) is 11.2. The smallest absolute Gasteiger partial charge is 0.340 e. The van der Waals surface area contributed by atoms with Gasteiger partial charge < -0.3 is 15.2 Å². The van der Waals surface area contributed by atoms with Crippen LogP contribution >= 0.6 is 0 Å². The van der Waals surface area contributed by atoms with Crippen molar-refractivity contribution in [1.82, 2.24) is 0 Å². The molecular formula is C12H12FN5O3. The Hall–Kier alpha value is -3.15. The largest absolute Gasteiger partial charge is 0.494 e. The number of hydrazone groups is 1. The summed E-state index contributed by atoms with van der Waals surface area (Å²) < 4.78 is 22.9. The fourth-order valence-electron chi connectivity index (χ4n) is 1.39. The molecule has 0 amide bonds. The van der Waals surface area contributed by atoms with Crippen LogP contribution in [0.1, 0.15) is 10.4 Å². The van der Waals surface area contributed by atoms with E-state index >= 15 is 0 Å². The highest BCUT2D eigenvalue weighted by molar-refractivity contribution is 6.45. The molecule has 1 aromatic carbocycles. The normalized spacial score (nSPS) is 10.5. The number of anilines is 1. The van der Waals surface area contributed by atoms with E-state index in [4.69, 9.17) is 21.1 Å². The van der Waals surface area contributed by atoms with Crippen molar-refractivity contribution in [1.29, 1.82) is 10.7 Å². The minimum Gasteiger partial charge on any atom is -0.494 e. The van der Waals surface area contributed by atoms with E-state index in [9.17, 15) is 9.18 Å². The second-order valence-corrected chi connectivity index (χ2v) is 3.62. The van der Waals surface area contributed by atoms with Gasteiger partial charge in [0.2, 0.25) is 5.71 Å². The number of amidine groups is 1. The average Bonchev–Trinajstić information content (AvgIpc) is 2.47. The van der Waals surface area contributed by atoms with E-state index in [-0.39, 0.29) is 17.0 Å². The summed E-state index contributed by atoms with van der Waals surface area (Å²) in [6.45, 7) is 0. The van der Waals surface area contributed by atoms with Gasteiger partial charge in [0.1, 0.15) is 23.3 Å². The topological polar surface area (TPSA) is 134 Å². The number of ether oxygens (including phenoxy) is 2. The molecule has 1 aromatic rings. The molecule has 0 spiro atoms. The zero-order valence-corrected chi connectivity index (χ0v) is 11.2. The van der Waals surface area contributed by atoms with Crippen LogP contribution in [-0.2, 0) is 4.74 Å². The van der Waals surface area contributed by atoms with E-state index in [1.54, 1.807) is 6.07 Å². The summed E-state index contributed by atoms with van der Waals surface area (Å²) in [7, 11) is 2.39. The Bertz CT molecular complexity index is 651. The molecule has 1 rings (SSSR count). The molecule has 9 heteroatoms. The standard InChI is InChI=1S/C12H12FN5O3/c1-20-9-4-6(13)3-7(12(19)21-2)10(9)18-17-8(5-14)11(15)16/h3-4,18H,1-2H3,(H3,15,16)/b17-8+. The monoisotopic (exact) mass is 293 g/mol. The molecule has 0 saturated heterocycles. The first-order chi connectivity index (χ1) is 9.94. The number of benzene rings is 1. The number of rotatable bonds is 5. The van der Waals surface area contributed by atoms with Crippen LogP contribution in [0, 0.1) is 22.6 Å². The van der Waals surface area contributed by atoms with Gasteiger partial charge in [0.25, 0.3) is 0 Å². The van der Waals surface area contributed by atoms with Gasteiger partial charge in [-0.25, -0.2) is 9.18 Å². The lowest BCUT2D eigenvalue weighted by atomic mass is 10.1. The third kappa shape index (κ3) is 3.66. The average molecular weight is 293 g/mol. The Labute approximate surface area is 119 Å². The summed E-state index contributed by atoms with van der Waals surface area (Å²) in [5.74, 6) is -2.13. The fourth-order valence-corrected chi connectivity index (χ4v) is 1.39. The molecule has 8 nitrogen and oxygen atoms in total. The van der Waals surface area contributed by atoms with Gasteiger partial charge in [-0.1, -0.05) is 0 Å². The molecule has 0 atom stereocenters. The molecule has 0 saturated carbocycles. The Morgan fingerprint density at radius 1 is 1.52 bits per heavy atom. The van der Waals surface area contributed by atoms with E-state index in [0.29, 0.717) is 0 Å². The van der Waals surface area contributed by atoms with Crippen LogP contribution in [-0.4, -0.2) is 31.7 Å². The number of carbonyl (C=O) groups excluding carboxylic acids is 1. The van der Waals surface area contributed by atoms with Crippen molar-refractivity contribution in [3.8, 4) is 11.8 Å². The SMILES string of the molecule is COC(=O)c1cc(F)cc(OC)c1N/N=C(\C#N)C(=N)N. The lowest BCUT2D eigenvalue weighted by Crippen LogP contribution is -2.22. The summed E-state index contributed by atoms with van der Waals surface area (Å²) in [6.07, 6.45) is 0. The number of nitriles is 1. The molecule has 0 aliphatic carbocycles. The summed E-state index contributed by atoms with van der Waals surface area (Å²) in [5, 5.41) is 19.4. The number of methoxy groups -OCH3 is 2. The van der Waals surface area contributed by atoms with Crippen LogP contribution in [0.4, 0.5) is 10.1 Å². The third-order valence-electron chi connectivity index (χ3n) is 2.33. The van der Waals surface area contributed by atoms with Gasteiger partial charge in [0.05, 0.1) is 19.8 Å². The molecule has 0 unspecified atom stereocenters. The van der Waals surface area contributed by atoms with Crippen molar-refractivity contribution in [2.24, 2.45) is 10.8 Å². The predicted molar refractivity (Wildman–Crippen MR) is 72.9 cm³/mol. The second kappa shape index (κ2) is 6.85. The Kier molecular flexibility index (Phi) is 5.19. The van der Waals surface area contributed by atoms with E-state index in [0.717, 1.165) is 19.2 Å². The second-order valence-electron chi connectivity index (χ2n) is 3.62. The van der Waals surface area contributed by atoms with Gasteiger partial charge in [0, 0.05) is 6.07 Å². The summed E-state index contributed by atoms with van der Waals surface area (Å²) in [5.41, 5.74) is 6.90. The maximum Gasteiger partial charge on any atom is 0.340 e. The maximum absolute atomic E-state index is 13.4. The van der Waals surface area contributed by atoms with E-state index in [1.165, 1.54) is 7.11 Å². The Morgan fingerprint density at radius 3 is 2.67 bits per heavy atom. The molecule has 21 heavy (non-hydrogen) atoms. The third-order valence-corrected chi connectivity index (χ3v) is 2.33. The van der Waals surface area contributed by atoms with E-state index in [1.807, 2.05) is 0 Å². The van der Waals surface area contributed by atoms with E-state index in [2.05, 4.69) is 15.3 Å². The van der Waals surface area contributed by atoms with Crippen molar-refractivity contribution in [2.45, 2.75) is 0 Å². The molecule has 0 aromatic heterocycles. The Balaban J connectivity index is 3.36. The maximum atomic E-state index is 13.4. The van der Waals surface area contributed by atoms with Crippen molar-refractivity contribution < 1.29 is 18.7 Å². The zero-order chi connectivity index (χ0) is 16.0. The van der Waals surface area contributed by atoms with Crippen molar-refractivity contribution in [3.05, 3.63) is 23.5 Å². The first kappa shape index (κ1) is 15.9. The van der Waals surface area contributed by atoms with Crippen LogP contribution < -0.4 is 15.9 Å². The predicted octanol–water partition coefficient (Wildman–Crippen LogP) is 0.848. The minimum absolute atomic E-state index is 0.0141. The number of esters is 1.